The SMILES string of the molecule is CC1(c2cc(Nc3nc(N4C[C@H](F)C[C@H]4C(=O)Nc4ncns4)nc4cccn34)n[nH]2)CC1. The van der Waals surface area contributed by atoms with E-state index in [1.54, 1.807) is 9.30 Å². The van der Waals surface area contributed by atoms with Crippen molar-refractivity contribution in [2.45, 2.75) is 43.8 Å². The molecule has 11 nitrogen and oxygen atoms in total. The van der Waals surface area contributed by atoms with Crippen LogP contribution in [0.2, 0.25) is 0 Å². The molecule has 1 saturated heterocycles. The van der Waals surface area contributed by atoms with E-state index in [-0.39, 0.29) is 30.2 Å². The smallest absolute Gasteiger partial charge is 0.249 e. The van der Waals surface area contributed by atoms with Crippen LogP contribution in [0, 0.1) is 0 Å². The van der Waals surface area contributed by atoms with Gasteiger partial charge in [-0.25, -0.2) is 9.37 Å². The van der Waals surface area contributed by atoms with Gasteiger partial charge in [-0.3, -0.25) is 19.6 Å². The Morgan fingerprint density at radius 1 is 1.36 bits per heavy atom. The summed E-state index contributed by atoms with van der Waals surface area (Å²) >= 11 is 1.06. The maximum absolute atomic E-state index is 14.4. The second kappa shape index (κ2) is 7.47. The molecule has 170 valence electrons. The van der Waals surface area contributed by atoms with Gasteiger partial charge in [0.2, 0.25) is 22.9 Å². The van der Waals surface area contributed by atoms with Crippen LogP contribution in [0.1, 0.15) is 31.9 Å². The summed E-state index contributed by atoms with van der Waals surface area (Å²) in [5, 5.41) is 13.8. The molecule has 0 bridgehead atoms. The summed E-state index contributed by atoms with van der Waals surface area (Å²) in [6, 6.07) is 4.90. The van der Waals surface area contributed by atoms with Crippen molar-refractivity contribution in [2.75, 3.05) is 22.1 Å². The number of carbonyl (C=O) groups is 1. The number of halogens is 1. The highest BCUT2D eigenvalue weighted by Crippen LogP contribution is 2.47. The zero-order valence-corrected chi connectivity index (χ0v) is 18.5. The maximum atomic E-state index is 14.4. The van der Waals surface area contributed by atoms with E-state index in [1.165, 1.54) is 6.33 Å². The summed E-state index contributed by atoms with van der Waals surface area (Å²) in [6.07, 6.45) is 4.33. The third-order valence-electron chi connectivity index (χ3n) is 6.24. The molecule has 4 aromatic rings. The molecule has 0 unspecified atom stereocenters. The predicted octanol–water partition coefficient (Wildman–Crippen LogP) is 2.65. The molecule has 0 spiro atoms. The molecule has 0 radical (unpaired) electrons. The van der Waals surface area contributed by atoms with Crippen LogP contribution in [0.5, 0.6) is 0 Å². The molecule has 1 aliphatic heterocycles. The largest absolute Gasteiger partial charge is 0.326 e. The van der Waals surface area contributed by atoms with Crippen molar-refractivity contribution in [2.24, 2.45) is 0 Å². The highest BCUT2D eigenvalue weighted by molar-refractivity contribution is 7.09. The van der Waals surface area contributed by atoms with Crippen molar-refractivity contribution < 1.29 is 9.18 Å². The first-order valence-electron chi connectivity index (χ1n) is 10.6. The molecule has 2 atom stereocenters. The molecule has 5 heterocycles. The van der Waals surface area contributed by atoms with E-state index in [9.17, 15) is 9.18 Å². The van der Waals surface area contributed by atoms with Crippen LogP contribution in [0.4, 0.5) is 27.2 Å². The Balaban J connectivity index is 1.31. The number of alkyl halides is 1. The first-order chi connectivity index (χ1) is 16.0. The number of hydrogen-bond donors (Lipinski definition) is 3. The molecule has 2 fully saturated rings. The molecule has 4 aromatic heterocycles. The summed E-state index contributed by atoms with van der Waals surface area (Å²) < 4.78 is 20.1. The van der Waals surface area contributed by atoms with E-state index in [0.29, 0.717) is 22.5 Å². The number of nitrogens with one attached hydrogen (secondary N) is 3. The highest BCUT2D eigenvalue weighted by Gasteiger charge is 2.41. The molecular formula is C20H21FN10OS. The number of carbonyl (C=O) groups excluding carboxylic acids is 1. The average molecular weight is 469 g/mol. The number of fused-ring (bicyclic) bond motifs is 1. The Hall–Kier alpha value is -3.61. The van der Waals surface area contributed by atoms with Gasteiger partial charge in [-0.1, -0.05) is 6.92 Å². The number of H-pyrrole nitrogens is 1. The van der Waals surface area contributed by atoms with Gasteiger partial charge >= 0.3 is 0 Å². The summed E-state index contributed by atoms with van der Waals surface area (Å²) in [5.41, 5.74) is 1.86. The van der Waals surface area contributed by atoms with Crippen molar-refractivity contribution in [1.82, 2.24) is 33.9 Å². The lowest BCUT2D eigenvalue weighted by Gasteiger charge is -2.23. The van der Waals surface area contributed by atoms with Crippen molar-refractivity contribution in [3.05, 3.63) is 36.4 Å². The molecule has 13 heteroatoms. The molecule has 33 heavy (non-hydrogen) atoms. The molecule has 2 aliphatic rings. The standard InChI is InChI=1S/C20H21FN10OS/c1-20(4-5-20)13-8-14(29-28-13)24-17-27-18(25-15-3-2-6-30(15)17)31-9-11(21)7-12(31)16(32)26-19-22-10-23-33-19/h2-3,6,8,10-12H,4-5,7,9H2,1H3,(H,22,23,26,32)(H2,24,25,27,28,29)/t11-,12+/m1/s1. The molecular weight excluding hydrogens is 447 g/mol. The Bertz CT molecular complexity index is 1310. The van der Waals surface area contributed by atoms with Gasteiger partial charge in [0.15, 0.2) is 5.82 Å². The zero-order valence-electron chi connectivity index (χ0n) is 17.7. The van der Waals surface area contributed by atoms with Crippen molar-refractivity contribution in [3.8, 4) is 0 Å². The van der Waals surface area contributed by atoms with Gasteiger partial charge < -0.3 is 10.2 Å². The number of anilines is 4. The molecule has 1 amide bonds. The van der Waals surface area contributed by atoms with Gasteiger partial charge in [0, 0.05) is 41.3 Å². The van der Waals surface area contributed by atoms with Crippen LogP contribution in [-0.2, 0) is 10.2 Å². The van der Waals surface area contributed by atoms with E-state index in [1.807, 2.05) is 24.4 Å². The van der Waals surface area contributed by atoms with Crippen LogP contribution >= 0.6 is 11.5 Å². The fourth-order valence-electron chi connectivity index (χ4n) is 4.07. The topological polar surface area (TPSA) is 129 Å². The molecule has 0 aromatic carbocycles. The second-order valence-electron chi connectivity index (χ2n) is 8.67. The van der Waals surface area contributed by atoms with Crippen LogP contribution in [0.15, 0.2) is 30.7 Å². The summed E-state index contributed by atoms with van der Waals surface area (Å²) in [5.74, 6) is 1.01. The van der Waals surface area contributed by atoms with Gasteiger partial charge in [0.05, 0.1) is 6.54 Å². The number of aromatic nitrogens is 7. The average Bonchev–Trinajstić information content (AvgIpc) is 3.34. The van der Waals surface area contributed by atoms with Gasteiger partial charge in [0.1, 0.15) is 24.2 Å². The van der Waals surface area contributed by atoms with Crippen LogP contribution in [-0.4, -0.2) is 58.6 Å². The van der Waals surface area contributed by atoms with Gasteiger partial charge in [-0.2, -0.15) is 19.4 Å². The van der Waals surface area contributed by atoms with E-state index in [0.717, 1.165) is 30.1 Å². The number of nitrogens with zero attached hydrogens (tertiary/aromatic N) is 7. The van der Waals surface area contributed by atoms with Gasteiger partial charge in [-0.15, -0.1) is 0 Å². The normalized spacial score (nSPS) is 21.5. The Morgan fingerprint density at radius 2 is 2.24 bits per heavy atom. The molecule has 1 aliphatic carbocycles. The summed E-state index contributed by atoms with van der Waals surface area (Å²) in [4.78, 5) is 27.7. The summed E-state index contributed by atoms with van der Waals surface area (Å²) in [7, 11) is 0. The molecule has 1 saturated carbocycles. The van der Waals surface area contributed by atoms with Gasteiger partial charge in [0.25, 0.3) is 0 Å². The van der Waals surface area contributed by atoms with E-state index in [4.69, 9.17) is 0 Å². The van der Waals surface area contributed by atoms with Crippen LogP contribution in [0.25, 0.3) is 5.65 Å². The maximum Gasteiger partial charge on any atom is 0.249 e. The van der Waals surface area contributed by atoms with Crippen molar-refractivity contribution >= 4 is 45.9 Å². The Labute approximate surface area is 191 Å². The van der Waals surface area contributed by atoms with Crippen molar-refractivity contribution in [1.29, 1.82) is 0 Å². The minimum Gasteiger partial charge on any atom is -0.326 e. The second-order valence-corrected chi connectivity index (χ2v) is 9.45. The number of amides is 1. The van der Waals surface area contributed by atoms with E-state index >= 15 is 0 Å². The highest BCUT2D eigenvalue weighted by atomic mass is 32.1. The molecule has 6 rings (SSSR count). The van der Waals surface area contributed by atoms with Crippen molar-refractivity contribution in [3.63, 3.8) is 0 Å². The van der Waals surface area contributed by atoms with Crippen LogP contribution < -0.4 is 15.5 Å². The van der Waals surface area contributed by atoms with Crippen LogP contribution in [0.3, 0.4) is 0 Å². The molecule has 3 N–H and O–H groups in total. The van der Waals surface area contributed by atoms with E-state index < -0.39 is 12.2 Å². The monoisotopic (exact) mass is 468 g/mol. The lowest BCUT2D eigenvalue weighted by Crippen LogP contribution is -2.40. The van der Waals surface area contributed by atoms with E-state index in [2.05, 4.69) is 47.1 Å². The lowest BCUT2D eigenvalue weighted by atomic mass is 10.1. The lowest BCUT2D eigenvalue weighted by molar-refractivity contribution is -0.117. The minimum atomic E-state index is -1.17. The minimum absolute atomic E-state index is 0.0232. The summed E-state index contributed by atoms with van der Waals surface area (Å²) in [6.45, 7) is 2.22. The third kappa shape index (κ3) is 3.67. The Morgan fingerprint density at radius 3 is 3.03 bits per heavy atom. The first kappa shape index (κ1) is 20.0. The number of hydrogen-bond acceptors (Lipinski definition) is 9. The number of aromatic amines is 1. The predicted molar refractivity (Wildman–Crippen MR) is 121 cm³/mol. The fraction of sp³-hybridized carbons (Fsp3) is 0.400. The quantitative estimate of drug-likeness (QED) is 0.394. The first-order valence-corrected chi connectivity index (χ1v) is 11.4. The van der Waals surface area contributed by atoms with Gasteiger partial charge in [-0.05, 0) is 25.0 Å². The Kier molecular flexibility index (Phi) is 4.54. The third-order valence-corrected chi connectivity index (χ3v) is 6.82. The zero-order chi connectivity index (χ0) is 22.6. The number of rotatable bonds is 6. The fourth-order valence-corrected chi connectivity index (χ4v) is 4.51.